The van der Waals surface area contributed by atoms with Gasteiger partial charge < -0.3 is 14.3 Å². The van der Waals surface area contributed by atoms with Gasteiger partial charge in [0.1, 0.15) is 5.58 Å². The average molecular weight is 299 g/mol. The van der Waals surface area contributed by atoms with Crippen LogP contribution in [0, 0.1) is 6.92 Å². The lowest BCUT2D eigenvalue weighted by Crippen LogP contribution is -2.00. The number of aliphatic hydroxyl groups is 1. The fourth-order valence-corrected chi connectivity index (χ4v) is 2.30. The summed E-state index contributed by atoms with van der Waals surface area (Å²) in [6, 6.07) is 3.55. The summed E-state index contributed by atoms with van der Waals surface area (Å²) in [6.45, 7) is 1.72. The van der Waals surface area contributed by atoms with Gasteiger partial charge in [0.05, 0.1) is 18.2 Å². The van der Waals surface area contributed by atoms with Crippen LogP contribution in [0.2, 0.25) is 0 Å². The van der Waals surface area contributed by atoms with Gasteiger partial charge in [-0.1, -0.05) is 0 Å². The SMILES string of the molecule is COC(=O)c1oc2c(Br)cc(CO)cc2c1C. The number of rotatable bonds is 2. The number of aryl methyl sites for hydroxylation is 1. The molecule has 2 aromatic rings. The van der Waals surface area contributed by atoms with Crippen molar-refractivity contribution < 1.29 is 19.1 Å². The molecule has 0 aliphatic carbocycles. The standard InChI is InChI=1S/C12H11BrO4/c1-6-8-3-7(5-14)4-9(13)11(8)17-10(6)12(15)16-2/h3-4,14H,5H2,1-2H3. The van der Waals surface area contributed by atoms with Crippen LogP contribution in [-0.2, 0) is 11.3 Å². The van der Waals surface area contributed by atoms with E-state index in [1.54, 1.807) is 19.1 Å². The Kier molecular flexibility index (Phi) is 3.22. The lowest BCUT2D eigenvalue weighted by Gasteiger charge is -1.98. The molecule has 0 spiro atoms. The van der Waals surface area contributed by atoms with Crippen molar-refractivity contribution >= 4 is 32.9 Å². The average Bonchev–Trinajstić information content (AvgIpc) is 2.67. The minimum Gasteiger partial charge on any atom is -0.463 e. The molecule has 0 amide bonds. The molecule has 0 saturated heterocycles. The summed E-state index contributed by atoms with van der Waals surface area (Å²) in [7, 11) is 1.31. The van der Waals surface area contributed by atoms with E-state index in [0.717, 1.165) is 10.9 Å². The van der Waals surface area contributed by atoms with Gasteiger partial charge in [0.15, 0.2) is 0 Å². The van der Waals surface area contributed by atoms with Crippen molar-refractivity contribution in [1.82, 2.24) is 0 Å². The number of benzene rings is 1. The van der Waals surface area contributed by atoms with E-state index in [0.29, 0.717) is 15.6 Å². The molecule has 90 valence electrons. The topological polar surface area (TPSA) is 59.7 Å². The highest BCUT2D eigenvalue weighted by Crippen LogP contribution is 2.32. The molecule has 0 atom stereocenters. The summed E-state index contributed by atoms with van der Waals surface area (Å²) in [5.74, 6) is -0.311. The van der Waals surface area contributed by atoms with Crippen molar-refractivity contribution in [3.8, 4) is 0 Å². The normalized spacial score (nSPS) is 10.8. The Labute approximate surface area is 106 Å². The Hall–Kier alpha value is -1.33. The van der Waals surface area contributed by atoms with Gasteiger partial charge in [0.25, 0.3) is 0 Å². The molecule has 17 heavy (non-hydrogen) atoms. The number of carbonyl (C=O) groups excluding carboxylic acids is 1. The number of halogens is 1. The minimum absolute atomic E-state index is 0.0628. The van der Waals surface area contributed by atoms with Crippen LogP contribution in [0.4, 0.5) is 0 Å². The Morgan fingerprint density at radius 2 is 2.24 bits per heavy atom. The lowest BCUT2D eigenvalue weighted by atomic mass is 10.1. The number of fused-ring (bicyclic) bond motifs is 1. The van der Waals surface area contributed by atoms with Crippen molar-refractivity contribution in [3.05, 3.63) is 33.5 Å². The van der Waals surface area contributed by atoms with Crippen LogP contribution in [0.25, 0.3) is 11.0 Å². The van der Waals surface area contributed by atoms with E-state index >= 15 is 0 Å². The first-order valence-electron chi connectivity index (χ1n) is 4.99. The quantitative estimate of drug-likeness (QED) is 0.866. The van der Waals surface area contributed by atoms with E-state index in [1.165, 1.54) is 7.11 Å². The van der Waals surface area contributed by atoms with E-state index in [-0.39, 0.29) is 12.4 Å². The third-order valence-corrected chi connectivity index (χ3v) is 3.19. The number of ether oxygens (including phenoxy) is 1. The minimum atomic E-state index is -0.504. The highest BCUT2D eigenvalue weighted by Gasteiger charge is 2.19. The van der Waals surface area contributed by atoms with Crippen molar-refractivity contribution in [2.45, 2.75) is 13.5 Å². The third-order valence-electron chi connectivity index (χ3n) is 2.61. The first-order valence-corrected chi connectivity index (χ1v) is 5.78. The van der Waals surface area contributed by atoms with Crippen LogP contribution in [0.15, 0.2) is 21.0 Å². The summed E-state index contributed by atoms with van der Waals surface area (Å²) in [4.78, 5) is 11.5. The van der Waals surface area contributed by atoms with Crippen LogP contribution in [0.5, 0.6) is 0 Å². The van der Waals surface area contributed by atoms with Gasteiger partial charge in [0, 0.05) is 10.9 Å². The summed E-state index contributed by atoms with van der Waals surface area (Å²) >= 11 is 3.35. The number of aliphatic hydroxyl groups excluding tert-OH is 1. The van der Waals surface area contributed by atoms with E-state index in [4.69, 9.17) is 9.52 Å². The van der Waals surface area contributed by atoms with Crippen LogP contribution in [0.1, 0.15) is 21.7 Å². The number of hydrogen-bond donors (Lipinski definition) is 1. The molecular formula is C12H11BrO4. The van der Waals surface area contributed by atoms with Crippen LogP contribution in [-0.4, -0.2) is 18.2 Å². The van der Waals surface area contributed by atoms with Crippen molar-refractivity contribution in [2.75, 3.05) is 7.11 Å². The van der Waals surface area contributed by atoms with Gasteiger partial charge in [-0.15, -0.1) is 0 Å². The number of methoxy groups -OCH3 is 1. The number of furan rings is 1. The zero-order valence-corrected chi connectivity index (χ0v) is 11.0. The molecule has 0 aliphatic heterocycles. The summed E-state index contributed by atoms with van der Waals surface area (Å²) in [5, 5.41) is 9.93. The van der Waals surface area contributed by atoms with Gasteiger partial charge in [-0.3, -0.25) is 0 Å². The fraction of sp³-hybridized carbons (Fsp3) is 0.250. The summed E-state index contributed by atoms with van der Waals surface area (Å²) in [5.41, 5.74) is 2.05. The van der Waals surface area contributed by atoms with Gasteiger partial charge in [-0.05, 0) is 40.5 Å². The molecule has 5 heteroatoms. The zero-order chi connectivity index (χ0) is 12.6. The fourth-order valence-electron chi connectivity index (χ4n) is 1.71. The Morgan fingerprint density at radius 3 is 2.82 bits per heavy atom. The molecule has 0 unspecified atom stereocenters. The smallest absolute Gasteiger partial charge is 0.374 e. The number of carbonyl (C=O) groups is 1. The van der Waals surface area contributed by atoms with Gasteiger partial charge in [-0.2, -0.15) is 0 Å². The van der Waals surface area contributed by atoms with E-state index in [9.17, 15) is 4.79 Å². The monoisotopic (exact) mass is 298 g/mol. The molecular weight excluding hydrogens is 288 g/mol. The third kappa shape index (κ3) is 1.96. The maximum atomic E-state index is 11.5. The maximum absolute atomic E-state index is 11.5. The van der Waals surface area contributed by atoms with Crippen LogP contribution >= 0.6 is 15.9 Å². The van der Waals surface area contributed by atoms with Crippen molar-refractivity contribution in [1.29, 1.82) is 0 Å². The van der Waals surface area contributed by atoms with E-state index in [1.807, 2.05) is 0 Å². The van der Waals surface area contributed by atoms with Crippen LogP contribution in [0.3, 0.4) is 0 Å². The second-order valence-electron chi connectivity index (χ2n) is 3.66. The lowest BCUT2D eigenvalue weighted by molar-refractivity contribution is 0.0566. The van der Waals surface area contributed by atoms with Crippen LogP contribution < -0.4 is 0 Å². The van der Waals surface area contributed by atoms with E-state index in [2.05, 4.69) is 20.7 Å². The molecule has 0 aliphatic rings. The first kappa shape index (κ1) is 12.1. The number of esters is 1. The molecule has 0 bridgehead atoms. The molecule has 0 fully saturated rings. The molecule has 4 nitrogen and oxygen atoms in total. The van der Waals surface area contributed by atoms with E-state index < -0.39 is 5.97 Å². The summed E-state index contributed by atoms with van der Waals surface area (Å²) in [6.07, 6.45) is 0. The maximum Gasteiger partial charge on any atom is 0.374 e. The van der Waals surface area contributed by atoms with Gasteiger partial charge in [-0.25, -0.2) is 4.79 Å². The molecule has 2 rings (SSSR count). The Bertz CT molecular complexity index is 586. The second kappa shape index (κ2) is 4.50. The highest BCUT2D eigenvalue weighted by atomic mass is 79.9. The number of hydrogen-bond acceptors (Lipinski definition) is 4. The first-order chi connectivity index (χ1) is 8.08. The predicted octanol–water partition coefficient (Wildman–Crippen LogP) is 2.78. The highest BCUT2D eigenvalue weighted by molar-refractivity contribution is 9.10. The molecule has 1 aromatic heterocycles. The molecule has 1 N–H and O–H groups in total. The molecule has 0 saturated carbocycles. The predicted molar refractivity (Wildman–Crippen MR) is 65.9 cm³/mol. The van der Waals surface area contributed by atoms with Gasteiger partial charge in [0.2, 0.25) is 5.76 Å². The van der Waals surface area contributed by atoms with Crippen molar-refractivity contribution in [3.63, 3.8) is 0 Å². The second-order valence-corrected chi connectivity index (χ2v) is 4.51. The van der Waals surface area contributed by atoms with Crippen molar-refractivity contribution in [2.24, 2.45) is 0 Å². The Balaban J connectivity index is 2.73. The largest absolute Gasteiger partial charge is 0.463 e. The summed E-state index contributed by atoms with van der Waals surface area (Å²) < 4.78 is 10.8. The zero-order valence-electron chi connectivity index (χ0n) is 9.41. The molecule has 1 heterocycles. The molecule has 0 radical (unpaired) electrons. The Morgan fingerprint density at radius 1 is 1.53 bits per heavy atom. The molecule has 1 aromatic carbocycles. The van der Waals surface area contributed by atoms with Gasteiger partial charge >= 0.3 is 5.97 Å².